The molecule has 0 fully saturated rings. The van der Waals surface area contributed by atoms with E-state index in [0.717, 1.165) is 40.0 Å². The molecule has 0 aliphatic carbocycles. The van der Waals surface area contributed by atoms with Gasteiger partial charge in [-0.05, 0) is 32.9 Å². The van der Waals surface area contributed by atoms with E-state index in [1.165, 1.54) is 48.5 Å². The summed E-state index contributed by atoms with van der Waals surface area (Å²) in [5.74, 6) is -0.800. The molecule has 67 heavy (non-hydrogen) atoms. The predicted molar refractivity (Wildman–Crippen MR) is 234 cm³/mol. The first-order valence-corrected chi connectivity index (χ1v) is 22.9. The summed E-state index contributed by atoms with van der Waals surface area (Å²) < 4.78 is 75.7. The van der Waals surface area contributed by atoms with Gasteiger partial charge in [-0.25, -0.2) is 16.8 Å². The molecule has 0 bridgehead atoms. The van der Waals surface area contributed by atoms with Gasteiger partial charge in [-0.3, -0.25) is 39.8 Å². The Kier molecular flexibility index (Phi) is 21.0. The number of benzene rings is 2. The van der Waals surface area contributed by atoms with Crippen LogP contribution in [0.4, 0.5) is 11.4 Å². The van der Waals surface area contributed by atoms with Gasteiger partial charge in [-0.2, -0.15) is 8.61 Å². The molecule has 0 amide bonds. The number of sulfonamides is 2. The Morgan fingerprint density at radius 2 is 0.955 bits per heavy atom. The summed E-state index contributed by atoms with van der Waals surface area (Å²) in [5.41, 5.74) is -0.945. The zero-order valence-electron chi connectivity index (χ0n) is 36.9. The van der Waals surface area contributed by atoms with Crippen molar-refractivity contribution in [2.75, 3.05) is 46.5 Å². The van der Waals surface area contributed by atoms with Crippen LogP contribution in [0.5, 0.6) is 11.5 Å². The third-order valence-corrected chi connectivity index (χ3v) is 12.7. The first kappa shape index (κ1) is 55.1. The smallest absolute Gasteiger partial charge is 0.307 e. The SMILES string of the molecule is CC(C)(C)OC(=O)CCN(CCOc1cc(CO)nc(CO)c1)S(=O)(=O)c1ccccc1[N+](=O)[O-].COC(=O)CCN(CCOc1cc(CO)nc(CO)c1)S(=O)(=O)c1ccccc1[N+](=O)[O-]. The molecular formula is C41H52N6O18S2. The van der Waals surface area contributed by atoms with Crippen LogP contribution >= 0.6 is 0 Å². The Morgan fingerprint density at radius 3 is 1.27 bits per heavy atom. The number of aromatic nitrogens is 2. The molecule has 4 rings (SSSR count). The van der Waals surface area contributed by atoms with Crippen LogP contribution in [0.25, 0.3) is 0 Å². The number of hydrogen-bond acceptors (Lipinski definition) is 20. The van der Waals surface area contributed by atoms with Gasteiger partial charge in [0.1, 0.15) is 30.3 Å². The average Bonchev–Trinajstić information content (AvgIpc) is 3.30. The van der Waals surface area contributed by atoms with Crippen molar-refractivity contribution in [2.45, 2.75) is 75.4 Å². The topological polar surface area (TPSA) is 339 Å². The highest BCUT2D eigenvalue weighted by Gasteiger charge is 2.33. The molecule has 4 aromatic rings. The van der Waals surface area contributed by atoms with Crippen LogP contribution < -0.4 is 9.47 Å². The number of pyridine rings is 2. The van der Waals surface area contributed by atoms with Crippen LogP contribution in [0.2, 0.25) is 0 Å². The zero-order valence-corrected chi connectivity index (χ0v) is 38.6. The number of nitro groups is 2. The summed E-state index contributed by atoms with van der Waals surface area (Å²) in [7, 11) is -7.57. The maximum absolute atomic E-state index is 13.3. The number of esters is 2. The molecule has 0 saturated heterocycles. The van der Waals surface area contributed by atoms with Gasteiger partial charge in [0, 0.05) is 62.6 Å². The Labute approximate surface area is 385 Å². The summed E-state index contributed by atoms with van der Waals surface area (Å²) in [6, 6.07) is 15.5. The number of carbonyl (C=O) groups is 2. The third-order valence-electron chi connectivity index (χ3n) is 8.81. The number of methoxy groups -OCH3 is 1. The third kappa shape index (κ3) is 16.8. The Hall–Kier alpha value is -6.26. The van der Waals surface area contributed by atoms with E-state index < -0.39 is 81.8 Å². The van der Waals surface area contributed by atoms with Gasteiger partial charge in [-0.1, -0.05) is 24.3 Å². The lowest BCUT2D eigenvalue weighted by Gasteiger charge is -2.24. The largest absolute Gasteiger partial charge is 0.492 e. The van der Waals surface area contributed by atoms with Crippen molar-refractivity contribution in [3.63, 3.8) is 0 Å². The molecule has 24 nitrogen and oxygen atoms in total. The summed E-state index contributed by atoms with van der Waals surface area (Å²) >= 11 is 0. The van der Waals surface area contributed by atoms with Crippen LogP contribution in [-0.2, 0) is 65.5 Å². The molecule has 0 atom stereocenters. The van der Waals surface area contributed by atoms with Gasteiger partial charge in [0.2, 0.25) is 20.0 Å². The summed E-state index contributed by atoms with van der Waals surface area (Å²) in [6.07, 6.45) is -0.551. The minimum absolute atomic E-state index is 0.180. The molecule has 2 aromatic carbocycles. The number of ether oxygens (including phenoxy) is 4. The van der Waals surface area contributed by atoms with E-state index in [4.69, 9.17) is 14.2 Å². The van der Waals surface area contributed by atoms with E-state index in [0.29, 0.717) is 0 Å². The Morgan fingerprint density at radius 1 is 0.612 bits per heavy atom. The van der Waals surface area contributed by atoms with Gasteiger partial charge in [-0.15, -0.1) is 0 Å². The van der Waals surface area contributed by atoms with Crippen molar-refractivity contribution in [3.8, 4) is 11.5 Å². The van der Waals surface area contributed by atoms with Crippen LogP contribution in [0.3, 0.4) is 0 Å². The lowest BCUT2D eigenvalue weighted by atomic mass is 10.2. The highest BCUT2D eigenvalue weighted by atomic mass is 32.2. The number of hydrogen-bond donors (Lipinski definition) is 4. The lowest BCUT2D eigenvalue weighted by molar-refractivity contribution is -0.388. The first-order valence-electron chi connectivity index (χ1n) is 20.0. The number of carbonyl (C=O) groups excluding carboxylic acids is 2. The molecule has 366 valence electrons. The van der Waals surface area contributed by atoms with Gasteiger partial charge in [0.25, 0.3) is 11.4 Å². The Bertz CT molecular complexity index is 2510. The van der Waals surface area contributed by atoms with Crippen LogP contribution in [0.1, 0.15) is 56.4 Å². The molecule has 0 spiro atoms. The highest BCUT2D eigenvalue weighted by molar-refractivity contribution is 7.89. The van der Waals surface area contributed by atoms with E-state index in [1.54, 1.807) is 20.8 Å². The quantitative estimate of drug-likeness (QED) is 0.0445. The standard InChI is InChI=1S/C22H29N3O9S.C19H23N3O9S/c1-22(2,3)34-21(28)8-9-24(35(31,32)20-7-5-4-6-19(20)25(29)30)10-11-33-18-12-16(14-26)23-17(13-18)15-27;1-30-19(25)6-7-21(32(28,29)18-5-3-2-4-17(18)22(26)27)8-9-31-16-10-14(12-23)20-15(11-16)13-24/h4-7,12-13,26-27H,8-11,14-15H2,1-3H3;2-5,10-11,23-24H,6-9,12-13H2,1H3. The number of para-hydroxylation sites is 2. The zero-order chi connectivity index (χ0) is 50.0. The summed E-state index contributed by atoms with van der Waals surface area (Å²) in [4.78, 5) is 51.8. The van der Waals surface area contributed by atoms with E-state index >= 15 is 0 Å². The summed E-state index contributed by atoms with van der Waals surface area (Å²) in [5, 5.41) is 59.9. The predicted octanol–water partition coefficient (Wildman–Crippen LogP) is 2.38. The molecular weight excluding hydrogens is 929 g/mol. The molecule has 2 heterocycles. The fraction of sp³-hybridized carbons (Fsp3) is 0.415. The maximum Gasteiger partial charge on any atom is 0.307 e. The van der Waals surface area contributed by atoms with E-state index in [9.17, 15) is 67.1 Å². The molecule has 4 N–H and O–H groups in total. The second-order valence-electron chi connectivity index (χ2n) is 14.8. The molecule has 0 saturated carbocycles. The molecule has 0 aliphatic rings. The number of rotatable bonds is 24. The fourth-order valence-corrected chi connectivity index (χ4v) is 8.99. The normalized spacial score (nSPS) is 11.7. The van der Waals surface area contributed by atoms with Crippen molar-refractivity contribution in [1.29, 1.82) is 0 Å². The monoisotopic (exact) mass is 980 g/mol. The minimum Gasteiger partial charge on any atom is -0.492 e. The van der Waals surface area contributed by atoms with Crippen molar-refractivity contribution in [2.24, 2.45) is 0 Å². The molecule has 0 radical (unpaired) electrons. The van der Waals surface area contributed by atoms with Crippen molar-refractivity contribution >= 4 is 43.4 Å². The van der Waals surface area contributed by atoms with E-state index in [1.807, 2.05) is 0 Å². The van der Waals surface area contributed by atoms with E-state index in [-0.39, 0.29) is 99.7 Å². The lowest BCUT2D eigenvalue weighted by Crippen LogP contribution is -2.37. The second kappa shape index (κ2) is 25.6. The number of nitro benzene ring substituents is 2. The average molecular weight is 981 g/mol. The molecule has 26 heteroatoms. The maximum atomic E-state index is 13.3. The van der Waals surface area contributed by atoms with Crippen LogP contribution in [0, 0.1) is 20.2 Å². The number of nitrogens with zero attached hydrogens (tertiary/aromatic N) is 6. The molecule has 2 aromatic heterocycles. The molecule has 0 unspecified atom stereocenters. The fourth-order valence-electron chi connectivity index (χ4n) is 5.82. The first-order chi connectivity index (χ1) is 31.6. The second-order valence-corrected chi connectivity index (χ2v) is 18.6. The number of aliphatic hydroxyl groups is 4. The minimum atomic E-state index is -4.38. The van der Waals surface area contributed by atoms with E-state index in [2.05, 4.69) is 14.7 Å². The Balaban J connectivity index is 0.000000357. The number of aliphatic hydroxyl groups excluding tert-OH is 4. The van der Waals surface area contributed by atoms with Gasteiger partial charge in [0.05, 0.1) is 79.0 Å². The van der Waals surface area contributed by atoms with Crippen LogP contribution in [-0.4, -0.2) is 130 Å². The van der Waals surface area contributed by atoms with Crippen molar-refractivity contribution < 1.29 is 75.6 Å². The highest BCUT2D eigenvalue weighted by Crippen LogP contribution is 2.28. The van der Waals surface area contributed by atoms with Gasteiger partial charge >= 0.3 is 11.9 Å². The summed E-state index contributed by atoms with van der Waals surface area (Å²) in [6.45, 7) is 2.04. The molecule has 0 aliphatic heterocycles. The van der Waals surface area contributed by atoms with Crippen molar-refractivity contribution in [3.05, 3.63) is 116 Å². The van der Waals surface area contributed by atoms with Crippen molar-refractivity contribution in [1.82, 2.24) is 18.6 Å². The van der Waals surface area contributed by atoms with Gasteiger partial charge < -0.3 is 39.4 Å². The van der Waals surface area contributed by atoms with Crippen LogP contribution in [0.15, 0.2) is 82.6 Å². The van der Waals surface area contributed by atoms with Gasteiger partial charge in [0.15, 0.2) is 9.79 Å².